The van der Waals surface area contributed by atoms with Gasteiger partial charge in [-0.2, -0.15) is 0 Å². The second kappa shape index (κ2) is 7.76. The van der Waals surface area contributed by atoms with Gasteiger partial charge in [0.15, 0.2) is 0 Å². The second-order valence-corrected chi connectivity index (χ2v) is 6.54. The predicted octanol–water partition coefficient (Wildman–Crippen LogP) is 4.55. The highest BCUT2D eigenvalue weighted by molar-refractivity contribution is 6.31. The van der Waals surface area contributed by atoms with Crippen LogP contribution < -0.4 is 5.32 Å². The van der Waals surface area contributed by atoms with E-state index in [9.17, 15) is 10.1 Å². The summed E-state index contributed by atoms with van der Waals surface area (Å²) in [5.41, 5.74) is 0.889. The molecule has 1 saturated carbocycles. The summed E-state index contributed by atoms with van der Waals surface area (Å²) >= 11 is 6.09. The summed E-state index contributed by atoms with van der Waals surface area (Å²) in [5.74, 6) is 1.68. The van der Waals surface area contributed by atoms with Crippen molar-refractivity contribution >= 4 is 17.3 Å². The number of halogens is 1. The SMILES string of the molecule is CC1CCCC(CCNCc2cc([N+](=O)[O-])ccc2Cl)C1. The van der Waals surface area contributed by atoms with Gasteiger partial charge in [0.25, 0.3) is 5.69 Å². The van der Waals surface area contributed by atoms with Crippen LogP contribution in [0.3, 0.4) is 0 Å². The van der Waals surface area contributed by atoms with Crippen LogP contribution in [0.5, 0.6) is 0 Å². The average Bonchev–Trinajstić information content (AvgIpc) is 2.45. The Hall–Kier alpha value is -1.13. The van der Waals surface area contributed by atoms with Gasteiger partial charge in [0.2, 0.25) is 0 Å². The first kappa shape index (κ1) is 16.2. The number of non-ortho nitro benzene ring substituents is 1. The maximum atomic E-state index is 10.8. The Morgan fingerprint density at radius 3 is 2.95 bits per heavy atom. The van der Waals surface area contributed by atoms with Gasteiger partial charge in [-0.25, -0.2) is 0 Å². The van der Waals surface area contributed by atoms with E-state index in [4.69, 9.17) is 11.6 Å². The summed E-state index contributed by atoms with van der Waals surface area (Å²) in [5, 5.41) is 14.7. The first-order chi connectivity index (χ1) is 10.1. The van der Waals surface area contributed by atoms with Gasteiger partial charge in [0.05, 0.1) is 4.92 Å². The molecule has 4 nitrogen and oxygen atoms in total. The van der Waals surface area contributed by atoms with E-state index in [1.165, 1.54) is 38.2 Å². The normalized spacial score (nSPS) is 22.2. The van der Waals surface area contributed by atoms with E-state index in [2.05, 4.69) is 12.2 Å². The Kier molecular flexibility index (Phi) is 6.00. The zero-order chi connectivity index (χ0) is 15.2. The van der Waals surface area contributed by atoms with E-state index < -0.39 is 0 Å². The minimum Gasteiger partial charge on any atom is -0.313 e. The van der Waals surface area contributed by atoms with Crippen LogP contribution in [0.25, 0.3) is 0 Å². The molecule has 1 aliphatic carbocycles. The van der Waals surface area contributed by atoms with Crippen LogP contribution in [0.15, 0.2) is 18.2 Å². The number of nitro groups is 1. The van der Waals surface area contributed by atoms with E-state index >= 15 is 0 Å². The Morgan fingerprint density at radius 1 is 1.43 bits per heavy atom. The highest BCUT2D eigenvalue weighted by atomic mass is 35.5. The number of benzene rings is 1. The lowest BCUT2D eigenvalue weighted by Gasteiger charge is -2.26. The zero-order valence-corrected chi connectivity index (χ0v) is 13.2. The molecule has 2 rings (SSSR count). The lowest BCUT2D eigenvalue weighted by atomic mass is 9.81. The highest BCUT2D eigenvalue weighted by Gasteiger charge is 2.18. The number of hydrogen-bond acceptors (Lipinski definition) is 3. The van der Waals surface area contributed by atoms with Crippen molar-refractivity contribution in [3.8, 4) is 0 Å². The molecule has 1 fully saturated rings. The number of nitro benzene ring substituents is 1. The predicted molar refractivity (Wildman–Crippen MR) is 85.6 cm³/mol. The van der Waals surface area contributed by atoms with Gasteiger partial charge in [0.1, 0.15) is 0 Å². The smallest absolute Gasteiger partial charge is 0.269 e. The molecule has 0 bridgehead atoms. The van der Waals surface area contributed by atoms with E-state index in [1.54, 1.807) is 12.1 Å². The van der Waals surface area contributed by atoms with Gasteiger partial charge >= 0.3 is 0 Å². The van der Waals surface area contributed by atoms with Crippen LogP contribution in [-0.4, -0.2) is 11.5 Å². The third-order valence-electron chi connectivity index (χ3n) is 4.33. The molecule has 116 valence electrons. The van der Waals surface area contributed by atoms with Crippen molar-refractivity contribution < 1.29 is 4.92 Å². The molecule has 2 unspecified atom stereocenters. The Bertz CT molecular complexity index is 493. The molecule has 1 aromatic carbocycles. The van der Waals surface area contributed by atoms with Gasteiger partial charge in [-0.15, -0.1) is 0 Å². The fourth-order valence-electron chi connectivity index (χ4n) is 3.16. The molecular formula is C16H23ClN2O2. The maximum absolute atomic E-state index is 10.8. The van der Waals surface area contributed by atoms with Crippen molar-refractivity contribution in [2.45, 2.75) is 45.6 Å². The van der Waals surface area contributed by atoms with Crippen LogP contribution in [0.4, 0.5) is 5.69 Å². The van der Waals surface area contributed by atoms with E-state index in [0.717, 1.165) is 23.9 Å². The Morgan fingerprint density at radius 2 is 2.24 bits per heavy atom. The molecule has 0 radical (unpaired) electrons. The molecule has 0 aromatic heterocycles. The minimum absolute atomic E-state index is 0.0947. The summed E-state index contributed by atoms with van der Waals surface area (Å²) in [6.45, 7) is 3.86. The number of nitrogens with one attached hydrogen (secondary N) is 1. The molecular weight excluding hydrogens is 288 g/mol. The lowest BCUT2D eigenvalue weighted by Crippen LogP contribution is -2.21. The van der Waals surface area contributed by atoms with E-state index in [-0.39, 0.29) is 10.6 Å². The summed E-state index contributed by atoms with van der Waals surface area (Å²) < 4.78 is 0. The molecule has 21 heavy (non-hydrogen) atoms. The summed E-state index contributed by atoms with van der Waals surface area (Å²) in [6.07, 6.45) is 6.56. The van der Waals surface area contributed by atoms with Crippen LogP contribution in [-0.2, 0) is 6.54 Å². The minimum atomic E-state index is -0.386. The van der Waals surface area contributed by atoms with Gasteiger partial charge in [0, 0.05) is 23.7 Å². The highest BCUT2D eigenvalue weighted by Crippen LogP contribution is 2.30. The number of nitrogens with zero attached hydrogens (tertiary/aromatic N) is 1. The molecule has 1 aromatic rings. The lowest BCUT2D eigenvalue weighted by molar-refractivity contribution is -0.384. The summed E-state index contributed by atoms with van der Waals surface area (Å²) in [6, 6.07) is 4.59. The fraction of sp³-hybridized carbons (Fsp3) is 0.625. The van der Waals surface area contributed by atoms with Crippen molar-refractivity contribution in [2.75, 3.05) is 6.54 Å². The molecule has 0 aliphatic heterocycles. The quantitative estimate of drug-likeness (QED) is 0.476. The van der Waals surface area contributed by atoms with Gasteiger partial charge in [-0.05, 0) is 42.9 Å². The molecule has 2 atom stereocenters. The van der Waals surface area contributed by atoms with Crippen LogP contribution in [0, 0.1) is 22.0 Å². The molecule has 0 amide bonds. The monoisotopic (exact) mass is 310 g/mol. The fourth-order valence-corrected chi connectivity index (χ4v) is 3.35. The first-order valence-electron chi connectivity index (χ1n) is 7.70. The molecule has 0 spiro atoms. The average molecular weight is 311 g/mol. The summed E-state index contributed by atoms with van der Waals surface area (Å²) in [4.78, 5) is 10.4. The number of hydrogen-bond donors (Lipinski definition) is 1. The van der Waals surface area contributed by atoms with E-state index in [0.29, 0.717) is 11.6 Å². The first-order valence-corrected chi connectivity index (χ1v) is 8.07. The third kappa shape index (κ3) is 4.97. The van der Waals surface area contributed by atoms with Crippen molar-refractivity contribution in [1.82, 2.24) is 5.32 Å². The maximum Gasteiger partial charge on any atom is 0.269 e. The van der Waals surface area contributed by atoms with Crippen molar-refractivity contribution in [3.63, 3.8) is 0 Å². The molecule has 1 N–H and O–H groups in total. The van der Waals surface area contributed by atoms with Crippen molar-refractivity contribution in [2.24, 2.45) is 11.8 Å². The topological polar surface area (TPSA) is 55.2 Å². The van der Waals surface area contributed by atoms with Crippen molar-refractivity contribution in [3.05, 3.63) is 38.9 Å². The summed E-state index contributed by atoms with van der Waals surface area (Å²) in [7, 11) is 0. The number of rotatable bonds is 6. The third-order valence-corrected chi connectivity index (χ3v) is 4.70. The molecule has 5 heteroatoms. The zero-order valence-electron chi connectivity index (χ0n) is 12.5. The van der Waals surface area contributed by atoms with Crippen LogP contribution in [0.2, 0.25) is 5.02 Å². The largest absolute Gasteiger partial charge is 0.313 e. The Balaban J connectivity index is 1.78. The molecule has 1 aliphatic rings. The van der Waals surface area contributed by atoms with E-state index in [1.807, 2.05) is 0 Å². The van der Waals surface area contributed by atoms with Gasteiger partial charge < -0.3 is 5.32 Å². The van der Waals surface area contributed by atoms with Gasteiger partial charge in [-0.1, -0.05) is 37.8 Å². The molecule has 0 saturated heterocycles. The standard InChI is InChI=1S/C16H23ClN2O2/c1-12-3-2-4-13(9-12)7-8-18-11-14-10-15(19(20)21)5-6-16(14)17/h5-6,10,12-13,18H,2-4,7-9,11H2,1H3. The molecule has 0 heterocycles. The van der Waals surface area contributed by atoms with Crippen LogP contribution >= 0.6 is 11.6 Å². The second-order valence-electron chi connectivity index (χ2n) is 6.14. The van der Waals surface area contributed by atoms with Gasteiger partial charge in [-0.3, -0.25) is 10.1 Å². The Labute approximate surface area is 131 Å². The van der Waals surface area contributed by atoms with Crippen LogP contribution in [0.1, 0.15) is 44.6 Å². The van der Waals surface area contributed by atoms with Crippen molar-refractivity contribution in [1.29, 1.82) is 0 Å².